The number of rotatable bonds is 5. The predicted molar refractivity (Wildman–Crippen MR) is 72.1 cm³/mol. The maximum Gasteiger partial charge on any atom is 0.306 e. The molecule has 0 saturated heterocycles. The zero-order valence-electron chi connectivity index (χ0n) is 11.1. The number of hydrogen-bond donors (Lipinski definition) is 2. The van der Waals surface area contributed by atoms with Crippen LogP contribution in [0.25, 0.3) is 0 Å². The Bertz CT molecular complexity index is 581. The molecule has 1 aromatic carbocycles. The summed E-state index contributed by atoms with van der Waals surface area (Å²) >= 11 is 0. The zero-order chi connectivity index (χ0) is 14.8. The second-order valence-corrected chi connectivity index (χ2v) is 6.56. The van der Waals surface area contributed by atoms with Gasteiger partial charge in [-0.25, -0.2) is 13.1 Å². The minimum atomic E-state index is -3.62. The van der Waals surface area contributed by atoms with E-state index in [4.69, 9.17) is 9.84 Å². The van der Waals surface area contributed by atoms with Gasteiger partial charge in [0, 0.05) is 6.04 Å². The number of methoxy groups -OCH3 is 1. The van der Waals surface area contributed by atoms with Crippen molar-refractivity contribution in [2.45, 2.75) is 30.2 Å². The summed E-state index contributed by atoms with van der Waals surface area (Å²) < 4.78 is 31.9. The monoisotopic (exact) mass is 299 g/mol. The summed E-state index contributed by atoms with van der Waals surface area (Å²) in [6.07, 6.45) is 1.39. The van der Waals surface area contributed by atoms with E-state index in [1.165, 1.54) is 19.2 Å². The number of carbonyl (C=O) groups is 1. The molecule has 2 N–H and O–H groups in total. The van der Waals surface area contributed by atoms with Crippen LogP contribution in [0.3, 0.4) is 0 Å². The second kappa shape index (κ2) is 5.80. The van der Waals surface area contributed by atoms with Gasteiger partial charge in [-0.1, -0.05) is 0 Å². The van der Waals surface area contributed by atoms with Crippen molar-refractivity contribution in [3.05, 3.63) is 24.3 Å². The molecule has 0 aliphatic heterocycles. The van der Waals surface area contributed by atoms with Crippen LogP contribution in [0.4, 0.5) is 0 Å². The van der Waals surface area contributed by atoms with Crippen LogP contribution < -0.4 is 9.46 Å². The highest BCUT2D eigenvalue weighted by molar-refractivity contribution is 7.89. The number of benzene rings is 1. The molecule has 2 unspecified atom stereocenters. The van der Waals surface area contributed by atoms with Crippen molar-refractivity contribution in [1.82, 2.24) is 4.72 Å². The molecule has 0 aromatic heterocycles. The van der Waals surface area contributed by atoms with Crippen LogP contribution in [-0.2, 0) is 14.8 Å². The summed E-state index contributed by atoms with van der Waals surface area (Å²) in [4.78, 5) is 11.0. The molecular formula is C13H17NO5S. The molecule has 0 spiro atoms. The molecule has 6 nitrogen and oxygen atoms in total. The molecule has 0 radical (unpaired) electrons. The van der Waals surface area contributed by atoms with Crippen LogP contribution in [-0.4, -0.2) is 32.6 Å². The van der Waals surface area contributed by atoms with Crippen LogP contribution in [0.5, 0.6) is 5.75 Å². The predicted octanol–water partition coefficient (Wildman–Crippen LogP) is 1.23. The zero-order valence-corrected chi connectivity index (χ0v) is 11.9. The van der Waals surface area contributed by atoms with Gasteiger partial charge in [0.15, 0.2) is 0 Å². The highest BCUT2D eigenvalue weighted by atomic mass is 32.2. The highest BCUT2D eigenvalue weighted by Crippen LogP contribution is 2.27. The summed E-state index contributed by atoms with van der Waals surface area (Å²) in [5, 5.41) is 8.91. The molecule has 1 saturated carbocycles. The van der Waals surface area contributed by atoms with E-state index in [0.29, 0.717) is 25.0 Å². The van der Waals surface area contributed by atoms with E-state index in [0.717, 1.165) is 0 Å². The fourth-order valence-corrected chi connectivity index (χ4v) is 3.64. The summed E-state index contributed by atoms with van der Waals surface area (Å²) in [5.41, 5.74) is 0. The Balaban J connectivity index is 2.06. The molecule has 20 heavy (non-hydrogen) atoms. The Hall–Kier alpha value is -1.60. The van der Waals surface area contributed by atoms with Crippen molar-refractivity contribution < 1.29 is 23.1 Å². The van der Waals surface area contributed by atoms with E-state index in [-0.39, 0.29) is 10.9 Å². The fourth-order valence-electron chi connectivity index (χ4n) is 2.36. The van der Waals surface area contributed by atoms with Crippen molar-refractivity contribution in [2.75, 3.05) is 7.11 Å². The summed E-state index contributed by atoms with van der Waals surface area (Å²) in [6, 6.07) is 5.76. The Labute approximate surface area is 117 Å². The molecule has 0 amide bonds. The smallest absolute Gasteiger partial charge is 0.306 e. The lowest BCUT2D eigenvalue weighted by atomic mass is 10.1. The van der Waals surface area contributed by atoms with Gasteiger partial charge in [-0.3, -0.25) is 4.79 Å². The van der Waals surface area contributed by atoms with Gasteiger partial charge >= 0.3 is 5.97 Å². The van der Waals surface area contributed by atoms with Crippen molar-refractivity contribution in [2.24, 2.45) is 5.92 Å². The molecule has 110 valence electrons. The van der Waals surface area contributed by atoms with E-state index in [1.807, 2.05) is 0 Å². The third-order valence-electron chi connectivity index (χ3n) is 3.47. The van der Waals surface area contributed by atoms with Crippen LogP contribution in [0.1, 0.15) is 19.3 Å². The minimum absolute atomic E-state index is 0.150. The molecule has 2 rings (SSSR count). The van der Waals surface area contributed by atoms with Crippen molar-refractivity contribution in [3.63, 3.8) is 0 Å². The number of carboxylic acid groups (broad SMARTS) is 1. The van der Waals surface area contributed by atoms with E-state index in [1.54, 1.807) is 12.1 Å². The molecule has 1 fully saturated rings. The first kappa shape index (κ1) is 14.8. The highest BCUT2D eigenvalue weighted by Gasteiger charge is 2.32. The average molecular weight is 299 g/mol. The topological polar surface area (TPSA) is 92.7 Å². The first-order valence-corrected chi connectivity index (χ1v) is 7.80. The van der Waals surface area contributed by atoms with Gasteiger partial charge in [-0.05, 0) is 43.5 Å². The Kier molecular flexibility index (Phi) is 4.29. The van der Waals surface area contributed by atoms with Crippen molar-refractivity contribution in [1.29, 1.82) is 0 Å². The lowest BCUT2D eigenvalue weighted by molar-refractivity contribution is -0.141. The summed E-state index contributed by atoms with van der Waals surface area (Å²) in [7, 11) is -2.11. The lowest BCUT2D eigenvalue weighted by Gasteiger charge is -2.13. The van der Waals surface area contributed by atoms with E-state index >= 15 is 0 Å². The molecule has 1 aliphatic rings. The quantitative estimate of drug-likeness (QED) is 0.853. The van der Waals surface area contributed by atoms with Gasteiger partial charge in [-0.15, -0.1) is 0 Å². The van der Waals surface area contributed by atoms with Crippen LogP contribution in [0.15, 0.2) is 29.2 Å². The number of nitrogens with one attached hydrogen (secondary N) is 1. The van der Waals surface area contributed by atoms with Gasteiger partial charge in [-0.2, -0.15) is 0 Å². The fraction of sp³-hybridized carbons (Fsp3) is 0.462. The SMILES string of the molecule is COc1ccc(S(=O)(=O)NC2CCC(C(=O)O)C2)cc1. The molecule has 0 bridgehead atoms. The number of sulfonamides is 1. The molecule has 1 aliphatic carbocycles. The van der Waals surface area contributed by atoms with E-state index < -0.39 is 21.9 Å². The largest absolute Gasteiger partial charge is 0.497 e. The van der Waals surface area contributed by atoms with Crippen molar-refractivity contribution in [3.8, 4) is 5.75 Å². The van der Waals surface area contributed by atoms with Crippen molar-refractivity contribution >= 4 is 16.0 Å². The Morgan fingerprint density at radius 1 is 1.30 bits per heavy atom. The average Bonchev–Trinajstić information content (AvgIpc) is 2.87. The Morgan fingerprint density at radius 3 is 2.45 bits per heavy atom. The van der Waals surface area contributed by atoms with Gasteiger partial charge in [0.2, 0.25) is 10.0 Å². The number of aliphatic carboxylic acids is 1. The van der Waals surface area contributed by atoms with Crippen LogP contribution in [0.2, 0.25) is 0 Å². The summed E-state index contributed by atoms with van der Waals surface area (Å²) in [5.74, 6) is -0.745. The van der Waals surface area contributed by atoms with E-state index in [9.17, 15) is 13.2 Å². The molecule has 7 heteroatoms. The third kappa shape index (κ3) is 3.29. The maximum atomic E-state index is 12.2. The number of carboxylic acids is 1. The first-order chi connectivity index (χ1) is 9.42. The van der Waals surface area contributed by atoms with E-state index in [2.05, 4.69) is 4.72 Å². The normalized spacial score (nSPS) is 22.6. The summed E-state index contributed by atoms with van der Waals surface area (Å²) in [6.45, 7) is 0. The van der Waals surface area contributed by atoms with Crippen LogP contribution in [0, 0.1) is 5.92 Å². The third-order valence-corrected chi connectivity index (χ3v) is 5.01. The number of ether oxygens (including phenoxy) is 1. The first-order valence-electron chi connectivity index (χ1n) is 6.31. The van der Waals surface area contributed by atoms with Crippen LogP contribution >= 0.6 is 0 Å². The van der Waals surface area contributed by atoms with Gasteiger partial charge in [0.1, 0.15) is 5.75 Å². The van der Waals surface area contributed by atoms with Gasteiger partial charge in [0.25, 0.3) is 0 Å². The maximum absolute atomic E-state index is 12.2. The molecule has 2 atom stereocenters. The molecule has 0 heterocycles. The molecular weight excluding hydrogens is 282 g/mol. The molecule has 1 aromatic rings. The lowest BCUT2D eigenvalue weighted by Crippen LogP contribution is -2.33. The minimum Gasteiger partial charge on any atom is -0.497 e. The van der Waals surface area contributed by atoms with Gasteiger partial charge in [0.05, 0.1) is 17.9 Å². The standard InChI is InChI=1S/C13H17NO5S/c1-19-11-4-6-12(7-5-11)20(17,18)14-10-3-2-9(8-10)13(15)16/h4-7,9-10,14H,2-3,8H2,1H3,(H,15,16). The second-order valence-electron chi connectivity index (χ2n) is 4.84. The Morgan fingerprint density at radius 2 is 1.95 bits per heavy atom. The van der Waals surface area contributed by atoms with Gasteiger partial charge < -0.3 is 9.84 Å². The number of hydrogen-bond acceptors (Lipinski definition) is 4.